The first-order chi connectivity index (χ1) is 7.29. The largest absolute Gasteiger partial charge is 0.369 e. The third-order valence-corrected chi connectivity index (χ3v) is 2.84. The van der Waals surface area contributed by atoms with Crippen molar-refractivity contribution in [2.24, 2.45) is 11.5 Å². The molecule has 4 N–H and O–H groups in total. The van der Waals surface area contributed by atoms with E-state index in [1.54, 1.807) is 0 Å². The number of rotatable bonds is 2. The van der Waals surface area contributed by atoms with Crippen LogP contribution in [0.4, 0.5) is 5.69 Å². The first-order valence-corrected chi connectivity index (χ1v) is 5.45. The van der Waals surface area contributed by atoms with E-state index in [0.717, 1.165) is 30.9 Å². The van der Waals surface area contributed by atoms with Gasteiger partial charge in [-0.25, -0.2) is 0 Å². The van der Waals surface area contributed by atoms with Crippen LogP contribution in [0.15, 0.2) is 18.3 Å². The maximum atomic E-state index is 5.94. The van der Waals surface area contributed by atoms with Crippen molar-refractivity contribution in [3.05, 3.63) is 24.0 Å². The SMILES string of the molecule is NCc1ccc(N2CCCC(N)C2)cn1. The van der Waals surface area contributed by atoms with E-state index >= 15 is 0 Å². The highest BCUT2D eigenvalue weighted by atomic mass is 15.2. The highest BCUT2D eigenvalue weighted by Gasteiger charge is 2.16. The lowest BCUT2D eigenvalue weighted by Gasteiger charge is -2.32. The Bertz CT molecular complexity index is 309. The van der Waals surface area contributed by atoms with Crippen LogP contribution in [0.2, 0.25) is 0 Å². The standard InChI is InChI=1S/C11H18N4/c12-6-10-3-4-11(7-14-10)15-5-1-2-9(13)8-15/h3-4,7,9H,1-2,5-6,8,12-13H2. The van der Waals surface area contributed by atoms with E-state index < -0.39 is 0 Å². The number of piperidine rings is 1. The van der Waals surface area contributed by atoms with Crippen LogP contribution < -0.4 is 16.4 Å². The number of nitrogens with two attached hydrogens (primary N) is 2. The summed E-state index contributed by atoms with van der Waals surface area (Å²) >= 11 is 0. The summed E-state index contributed by atoms with van der Waals surface area (Å²) in [6.45, 7) is 2.51. The Morgan fingerprint density at radius 1 is 1.47 bits per heavy atom. The van der Waals surface area contributed by atoms with Crippen molar-refractivity contribution in [2.75, 3.05) is 18.0 Å². The normalized spacial score (nSPS) is 21.7. The Labute approximate surface area is 90.3 Å². The van der Waals surface area contributed by atoms with Gasteiger partial charge in [-0.15, -0.1) is 0 Å². The molecule has 1 aliphatic rings. The van der Waals surface area contributed by atoms with Gasteiger partial charge in [0.2, 0.25) is 0 Å². The molecule has 1 fully saturated rings. The van der Waals surface area contributed by atoms with E-state index in [2.05, 4.69) is 16.0 Å². The Morgan fingerprint density at radius 3 is 2.93 bits per heavy atom. The molecule has 1 aliphatic heterocycles. The molecule has 1 unspecified atom stereocenters. The lowest BCUT2D eigenvalue weighted by atomic mass is 10.1. The molecule has 0 spiro atoms. The molecule has 4 heteroatoms. The van der Waals surface area contributed by atoms with Gasteiger partial charge >= 0.3 is 0 Å². The molecule has 2 rings (SSSR count). The maximum absolute atomic E-state index is 5.94. The van der Waals surface area contributed by atoms with Gasteiger partial charge < -0.3 is 16.4 Å². The number of hydrogen-bond donors (Lipinski definition) is 2. The monoisotopic (exact) mass is 206 g/mol. The van der Waals surface area contributed by atoms with Crippen LogP contribution in [0.1, 0.15) is 18.5 Å². The van der Waals surface area contributed by atoms with Crippen LogP contribution in [0.5, 0.6) is 0 Å². The molecule has 0 amide bonds. The number of anilines is 1. The fourth-order valence-corrected chi connectivity index (χ4v) is 1.97. The highest BCUT2D eigenvalue weighted by Crippen LogP contribution is 2.18. The maximum Gasteiger partial charge on any atom is 0.0553 e. The second-order valence-corrected chi connectivity index (χ2v) is 4.06. The predicted molar refractivity (Wildman–Crippen MR) is 61.6 cm³/mol. The van der Waals surface area contributed by atoms with E-state index in [1.807, 2.05) is 12.3 Å². The second-order valence-electron chi connectivity index (χ2n) is 4.06. The summed E-state index contributed by atoms with van der Waals surface area (Å²) in [4.78, 5) is 6.58. The van der Waals surface area contributed by atoms with Crippen LogP contribution in [0.3, 0.4) is 0 Å². The Balaban J connectivity index is 2.07. The van der Waals surface area contributed by atoms with E-state index in [-0.39, 0.29) is 0 Å². The Morgan fingerprint density at radius 2 is 2.33 bits per heavy atom. The fourth-order valence-electron chi connectivity index (χ4n) is 1.97. The van der Waals surface area contributed by atoms with Crippen LogP contribution in [-0.4, -0.2) is 24.1 Å². The van der Waals surface area contributed by atoms with Crippen LogP contribution >= 0.6 is 0 Å². The Hall–Kier alpha value is -1.13. The molecular formula is C11H18N4. The van der Waals surface area contributed by atoms with Gasteiger partial charge in [-0.3, -0.25) is 4.98 Å². The third kappa shape index (κ3) is 2.46. The highest BCUT2D eigenvalue weighted by molar-refractivity contribution is 5.45. The van der Waals surface area contributed by atoms with Crippen molar-refractivity contribution in [2.45, 2.75) is 25.4 Å². The molecule has 4 nitrogen and oxygen atoms in total. The molecule has 1 aromatic heterocycles. The zero-order valence-corrected chi connectivity index (χ0v) is 8.89. The summed E-state index contributed by atoms with van der Waals surface area (Å²) in [6.07, 6.45) is 4.19. The quantitative estimate of drug-likeness (QED) is 0.738. The zero-order valence-electron chi connectivity index (χ0n) is 8.89. The summed E-state index contributed by atoms with van der Waals surface area (Å²) in [5, 5.41) is 0. The molecule has 15 heavy (non-hydrogen) atoms. The number of aromatic nitrogens is 1. The van der Waals surface area contributed by atoms with Crippen molar-refractivity contribution in [3.8, 4) is 0 Å². The van der Waals surface area contributed by atoms with Gasteiger partial charge in [0.05, 0.1) is 17.6 Å². The topological polar surface area (TPSA) is 68.2 Å². The minimum Gasteiger partial charge on any atom is -0.369 e. The van der Waals surface area contributed by atoms with E-state index in [4.69, 9.17) is 11.5 Å². The van der Waals surface area contributed by atoms with Gasteiger partial charge in [-0.05, 0) is 25.0 Å². The van der Waals surface area contributed by atoms with Gasteiger partial charge in [0.1, 0.15) is 0 Å². The first-order valence-electron chi connectivity index (χ1n) is 5.45. The zero-order chi connectivity index (χ0) is 10.7. The summed E-state index contributed by atoms with van der Waals surface area (Å²) in [6, 6.07) is 4.36. The molecule has 0 aliphatic carbocycles. The second kappa shape index (κ2) is 4.59. The lowest BCUT2D eigenvalue weighted by Crippen LogP contribution is -2.42. The van der Waals surface area contributed by atoms with Crippen molar-refractivity contribution in [1.82, 2.24) is 4.98 Å². The average molecular weight is 206 g/mol. The van der Waals surface area contributed by atoms with Crippen LogP contribution in [-0.2, 0) is 6.54 Å². The number of hydrogen-bond acceptors (Lipinski definition) is 4. The number of pyridine rings is 1. The van der Waals surface area contributed by atoms with Crippen molar-refractivity contribution >= 4 is 5.69 Å². The molecule has 1 saturated heterocycles. The first kappa shape index (κ1) is 10.4. The molecule has 1 atom stereocenters. The third-order valence-electron chi connectivity index (χ3n) is 2.84. The van der Waals surface area contributed by atoms with Crippen molar-refractivity contribution < 1.29 is 0 Å². The lowest BCUT2D eigenvalue weighted by molar-refractivity contribution is 0.506. The summed E-state index contributed by atoms with van der Waals surface area (Å²) < 4.78 is 0. The van der Waals surface area contributed by atoms with E-state index in [1.165, 1.54) is 6.42 Å². The molecule has 1 aromatic rings. The molecule has 82 valence electrons. The van der Waals surface area contributed by atoms with Gasteiger partial charge in [-0.2, -0.15) is 0 Å². The van der Waals surface area contributed by atoms with Crippen molar-refractivity contribution in [1.29, 1.82) is 0 Å². The summed E-state index contributed by atoms with van der Waals surface area (Å²) in [5.74, 6) is 0. The van der Waals surface area contributed by atoms with Crippen molar-refractivity contribution in [3.63, 3.8) is 0 Å². The van der Waals surface area contributed by atoms with Crippen LogP contribution in [0, 0.1) is 0 Å². The Kier molecular flexibility index (Phi) is 3.18. The van der Waals surface area contributed by atoms with E-state index in [0.29, 0.717) is 12.6 Å². The minimum absolute atomic E-state index is 0.299. The summed E-state index contributed by atoms with van der Waals surface area (Å²) in [5.41, 5.74) is 13.5. The molecule has 0 radical (unpaired) electrons. The van der Waals surface area contributed by atoms with E-state index in [9.17, 15) is 0 Å². The predicted octanol–water partition coefficient (Wildman–Crippen LogP) is 0.468. The fraction of sp³-hybridized carbons (Fsp3) is 0.545. The molecule has 0 aromatic carbocycles. The van der Waals surface area contributed by atoms with Crippen LogP contribution in [0.25, 0.3) is 0 Å². The van der Waals surface area contributed by atoms with Gasteiger partial charge in [-0.1, -0.05) is 0 Å². The smallest absolute Gasteiger partial charge is 0.0553 e. The number of nitrogens with zero attached hydrogens (tertiary/aromatic N) is 2. The molecule has 0 saturated carbocycles. The summed E-state index contributed by atoms with van der Waals surface area (Å²) in [7, 11) is 0. The van der Waals surface area contributed by atoms with Gasteiger partial charge in [0.25, 0.3) is 0 Å². The molecular weight excluding hydrogens is 188 g/mol. The van der Waals surface area contributed by atoms with Gasteiger partial charge in [0, 0.05) is 25.7 Å². The molecule has 2 heterocycles. The minimum atomic E-state index is 0.299. The molecule has 0 bridgehead atoms. The van der Waals surface area contributed by atoms with Gasteiger partial charge in [0.15, 0.2) is 0 Å². The average Bonchev–Trinajstić information content (AvgIpc) is 2.29.